The fourth-order valence-corrected chi connectivity index (χ4v) is 4.31. The first-order valence-electron chi connectivity index (χ1n) is 8.91. The molecule has 2 aliphatic rings. The van der Waals surface area contributed by atoms with Crippen LogP contribution in [0.4, 0.5) is 4.39 Å². The summed E-state index contributed by atoms with van der Waals surface area (Å²) in [7, 11) is 0. The molecule has 6 nitrogen and oxygen atoms in total. The number of hydrogen-bond acceptors (Lipinski definition) is 3. The van der Waals surface area contributed by atoms with Crippen molar-refractivity contribution >= 4 is 11.9 Å². The van der Waals surface area contributed by atoms with Crippen LogP contribution in [0, 0.1) is 11.7 Å². The van der Waals surface area contributed by atoms with Crippen LogP contribution in [0.1, 0.15) is 42.6 Å². The predicted molar refractivity (Wildman–Crippen MR) is 91.9 cm³/mol. The summed E-state index contributed by atoms with van der Waals surface area (Å²) in [5.41, 5.74) is 1.48. The van der Waals surface area contributed by atoms with E-state index in [1.54, 1.807) is 18.2 Å². The third-order valence-electron chi connectivity index (χ3n) is 5.56. The minimum Gasteiger partial charge on any atom is -0.480 e. The van der Waals surface area contributed by atoms with Crippen LogP contribution < -0.4 is 0 Å². The van der Waals surface area contributed by atoms with Gasteiger partial charge in [0.05, 0.1) is 5.69 Å². The zero-order chi connectivity index (χ0) is 18.3. The summed E-state index contributed by atoms with van der Waals surface area (Å²) in [6.07, 6.45) is 4.45. The van der Waals surface area contributed by atoms with Gasteiger partial charge >= 0.3 is 5.97 Å². The number of aliphatic carboxylic acids is 1. The molecule has 2 aromatic rings. The third kappa shape index (κ3) is 2.87. The summed E-state index contributed by atoms with van der Waals surface area (Å²) in [5, 5.41) is 16.4. The van der Waals surface area contributed by atoms with Crippen LogP contribution in [0.3, 0.4) is 0 Å². The number of fused-ring (bicyclic) bond motifs is 1. The van der Waals surface area contributed by atoms with Gasteiger partial charge in [0.1, 0.15) is 17.6 Å². The number of H-pyrrole nitrogens is 1. The number of hydrogen-bond donors (Lipinski definition) is 2. The van der Waals surface area contributed by atoms with Gasteiger partial charge in [-0.2, -0.15) is 5.10 Å². The number of halogens is 1. The van der Waals surface area contributed by atoms with Gasteiger partial charge in [-0.1, -0.05) is 12.8 Å². The lowest BCUT2D eigenvalue weighted by Crippen LogP contribution is -2.46. The van der Waals surface area contributed by atoms with E-state index in [4.69, 9.17) is 0 Å². The van der Waals surface area contributed by atoms with Gasteiger partial charge in [-0.15, -0.1) is 0 Å². The van der Waals surface area contributed by atoms with Crippen molar-refractivity contribution in [1.29, 1.82) is 0 Å². The zero-order valence-electron chi connectivity index (χ0n) is 14.2. The van der Waals surface area contributed by atoms with Crippen molar-refractivity contribution in [3.8, 4) is 11.3 Å². The molecule has 0 spiro atoms. The van der Waals surface area contributed by atoms with Gasteiger partial charge in [-0.3, -0.25) is 9.89 Å². The Balaban J connectivity index is 1.61. The number of carbonyl (C=O) groups is 2. The standard InChI is InChI=1S/C19H20FN3O3/c20-13-7-5-11(6-8-13)14-10-15(22-21-14)18(24)23-16-4-2-1-3-12(16)9-17(23)19(25)26/h5-8,10,12,16-17H,1-4,9H2,(H,21,22)(H,25,26). The van der Waals surface area contributed by atoms with Gasteiger partial charge in [0.2, 0.25) is 0 Å². The molecule has 0 bridgehead atoms. The normalized spacial score (nSPS) is 25.1. The summed E-state index contributed by atoms with van der Waals surface area (Å²) in [4.78, 5) is 26.3. The molecule has 136 valence electrons. The van der Waals surface area contributed by atoms with Crippen LogP contribution >= 0.6 is 0 Å². The highest BCUT2D eigenvalue weighted by molar-refractivity contribution is 5.96. The van der Waals surface area contributed by atoms with Crippen molar-refractivity contribution in [2.24, 2.45) is 5.92 Å². The van der Waals surface area contributed by atoms with Crippen molar-refractivity contribution in [1.82, 2.24) is 15.1 Å². The van der Waals surface area contributed by atoms with E-state index in [1.165, 1.54) is 17.0 Å². The molecule has 2 N–H and O–H groups in total. The Hall–Kier alpha value is -2.70. The summed E-state index contributed by atoms with van der Waals surface area (Å²) < 4.78 is 13.1. The summed E-state index contributed by atoms with van der Waals surface area (Å²) in [5.74, 6) is -1.36. The molecule has 2 heterocycles. The maximum atomic E-state index is 13.1. The second-order valence-electron chi connectivity index (χ2n) is 7.09. The average Bonchev–Trinajstić information content (AvgIpc) is 3.27. The second-order valence-corrected chi connectivity index (χ2v) is 7.09. The highest BCUT2D eigenvalue weighted by Crippen LogP contribution is 2.40. The number of carboxylic acid groups (broad SMARTS) is 1. The van der Waals surface area contributed by atoms with E-state index in [0.717, 1.165) is 25.7 Å². The number of nitrogens with one attached hydrogen (secondary N) is 1. The molecule has 26 heavy (non-hydrogen) atoms. The van der Waals surface area contributed by atoms with Crippen LogP contribution in [0.25, 0.3) is 11.3 Å². The van der Waals surface area contributed by atoms with E-state index in [0.29, 0.717) is 17.7 Å². The molecule has 1 aromatic heterocycles. The molecule has 1 aromatic carbocycles. The molecule has 1 aliphatic heterocycles. The Morgan fingerprint density at radius 3 is 2.65 bits per heavy atom. The number of rotatable bonds is 3. The fourth-order valence-electron chi connectivity index (χ4n) is 4.31. The summed E-state index contributed by atoms with van der Waals surface area (Å²) in [6.45, 7) is 0. The molecule has 4 rings (SSSR count). The Labute approximate surface area is 150 Å². The first-order valence-corrected chi connectivity index (χ1v) is 8.91. The van der Waals surface area contributed by atoms with Crippen molar-refractivity contribution in [2.75, 3.05) is 0 Å². The van der Waals surface area contributed by atoms with E-state index in [1.807, 2.05) is 0 Å². The monoisotopic (exact) mass is 357 g/mol. The van der Waals surface area contributed by atoms with Crippen LogP contribution in [0.5, 0.6) is 0 Å². The van der Waals surface area contributed by atoms with Crippen molar-refractivity contribution in [3.05, 3.63) is 41.8 Å². The topological polar surface area (TPSA) is 86.3 Å². The van der Waals surface area contributed by atoms with Gasteiger partial charge in [0.15, 0.2) is 0 Å². The zero-order valence-corrected chi connectivity index (χ0v) is 14.2. The number of likely N-dealkylation sites (tertiary alicyclic amines) is 1. The quantitative estimate of drug-likeness (QED) is 0.884. The molecular weight excluding hydrogens is 337 g/mol. The molecule has 1 aliphatic carbocycles. The number of amides is 1. The van der Waals surface area contributed by atoms with E-state index in [9.17, 15) is 19.1 Å². The van der Waals surface area contributed by atoms with E-state index in [-0.39, 0.29) is 29.4 Å². The lowest BCUT2D eigenvalue weighted by molar-refractivity contribution is -0.141. The number of benzene rings is 1. The van der Waals surface area contributed by atoms with Crippen LogP contribution in [0.15, 0.2) is 30.3 Å². The Bertz CT molecular complexity index is 833. The van der Waals surface area contributed by atoms with Crippen molar-refractivity contribution in [3.63, 3.8) is 0 Å². The predicted octanol–water partition coefficient (Wildman–Crippen LogP) is 3.07. The van der Waals surface area contributed by atoms with Crippen LogP contribution in [0.2, 0.25) is 0 Å². The number of carbonyl (C=O) groups excluding carboxylic acids is 1. The Morgan fingerprint density at radius 2 is 1.92 bits per heavy atom. The molecule has 3 atom stereocenters. The average molecular weight is 357 g/mol. The number of nitrogens with zero attached hydrogens (tertiary/aromatic N) is 2. The lowest BCUT2D eigenvalue weighted by Gasteiger charge is -2.32. The smallest absolute Gasteiger partial charge is 0.326 e. The SMILES string of the molecule is O=C(O)C1CC2CCCCC2N1C(=O)c1cc(-c2ccc(F)cc2)n[nH]1. The lowest BCUT2D eigenvalue weighted by atomic mass is 9.84. The van der Waals surface area contributed by atoms with Gasteiger partial charge in [-0.25, -0.2) is 9.18 Å². The maximum absolute atomic E-state index is 13.1. The summed E-state index contributed by atoms with van der Waals surface area (Å²) >= 11 is 0. The number of aromatic amines is 1. The van der Waals surface area contributed by atoms with E-state index >= 15 is 0 Å². The molecule has 1 amide bonds. The Kier molecular flexibility index (Phi) is 4.22. The third-order valence-corrected chi connectivity index (χ3v) is 5.56. The molecule has 1 saturated carbocycles. The van der Waals surface area contributed by atoms with Gasteiger partial charge in [-0.05, 0) is 55.5 Å². The molecule has 0 radical (unpaired) electrons. The fraction of sp³-hybridized carbons (Fsp3) is 0.421. The van der Waals surface area contributed by atoms with Crippen molar-refractivity contribution < 1.29 is 19.1 Å². The van der Waals surface area contributed by atoms with Crippen molar-refractivity contribution in [2.45, 2.75) is 44.2 Å². The first-order chi connectivity index (χ1) is 12.5. The van der Waals surface area contributed by atoms with Crippen LogP contribution in [-0.4, -0.2) is 44.2 Å². The van der Waals surface area contributed by atoms with E-state index in [2.05, 4.69) is 10.2 Å². The molecule has 1 saturated heterocycles. The van der Waals surface area contributed by atoms with Gasteiger partial charge in [0.25, 0.3) is 5.91 Å². The highest BCUT2D eigenvalue weighted by Gasteiger charge is 2.48. The molecule has 3 unspecified atom stereocenters. The minimum atomic E-state index is -0.953. The minimum absolute atomic E-state index is 0.0186. The first kappa shape index (κ1) is 16.8. The van der Waals surface area contributed by atoms with Gasteiger partial charge in [0, 0.05) is 11.6 Å². The summed E-state index contributed by atoms with van der Waals surface area (Å²) in [6, 6.07) is 6.64. The molecule has 7 heteroatoms. The number of carboxylic acids is 1. The molecule has 2 fully saturated rings. The highest BCUT2D eigenvalue weighted by atomic mass is 19.1. The van der Waals surface area contributed by atoms with Crippen LogP contribution in [-0.2, 0) is 4.79 Å². The Morgan fingerprint density at radius 1 is 1.19 bits per heavy atom. The molecular formula is C19H20FN3O3. The van der Waals surface area contributed by atoms with E-state index < -0.39 is 12.0 Å². The number of aromatic nitrogens is 2. The second kappa shape index (κ2) is 6.55. The maximum Gasteiger partial charge on any atom is 0.326 e. The van der Waals surface area contributed by atoms with Gasteiger partial charge < -0.3 is 10.0 Å². The largest absolute Gasteiger partial charge is 0.480 e.